The summed E-state index contributed by atoms with van der Waals surface area (Å²) in [4.78, 5) is 1.38. The number of rotatable bonds is 1. The molecule has 0 bridgehead atoms. The second-order valence-electron chi connectivity index (χ2n) is 3.54. The first-order valence-corrected chi connectivity index (χ1v) is 5.80. The number of hydrogen-bond acceptors (Lipinski definition) is 4. The van der Waals surface area contributed by atoms with Gasteiger partial charge in [-0.05, 0) is 24.1 Å². The van der Waals surface area contributed by atoms with Gasteiger partial charge in [0.25, 0.3) is 0 Å². The standard InChI is InChI=1S/C11H10N2OS/c12-11-6-9(13-14-11)7-1-2-10-8(5-7)3-4-15-10/h1-2,5-6H,3-4,12H2. The highest BCUT2D eigenvalue weighted by molar-refractivity contribution is 7.99. The molecule has 2 N–H and O–H groups in total. The highest BCUT2D eigenvalue weighted by Crippen LogP contribution is 2.34. The number of hydrogen-bond donors (Lipinski definition) is 1. The first-order valence-electron chi connectivity index (χ1n) is 4.81. The fraction of sp³-hybridized carbons (Fsp3) is 0.182. The summed E-state index contributed by atoms with van der Waals surface area (Å²) in [7, 11) is 0. The van der Waals surface area contributed by atoms with Gasteiger partial charge in [-0.25, -0.2) is 0 Å². The van der Waals surface area contributed by atoms with Crippen LogP contribution in [-0.4, -0.2) is 10.9 Å². The van der Waals surface area contributed by atoms with Crippen molar-refractivity contribution in [3.8, 4) is 11.3 Å². The molecular formula is C11H10N2OS. The molecule has 1 aliphatic heterocycles. The Morgan fingerprint density at radius 3 is 3.07 bits per heavy atom. The number of anilines is 1. The molecule has 76 valence electrons. The number of benzene rings is 1. The molecule has 0 radical (unpaired) electrons. The minimum absolute atomic E-state index is 0.361. The zero-order valence-electron chi connectivity index (χ0n) is 8.06. The molecule has 15 heavy (non-hydrogen) atoms. The van der Waals surface area contributed by atoms with Gasteiger partial charge >= 0.3 is 0 Å². The lowest BCUT2D eigenvalue weighted by Gasteiger charge is -2.00. The van der Waals surface area contributed by atoms with Gasteiger partial charge in [-0.15, -0.1) is 11.8 Å². The lowest BCUT2D eigenvalue weighted by molar-refractivity contribution is 0.439. The Bertz CT molecular complexity index is 507. The van der Waals surface area contributed by atoms with Gasteiger partial charge in [-0.3, -0.25) is 0 Å². The number of fused-ring (bicyclic) bond motifs is 1. The first kappa shape index (κ1) is 8.85. The van der Waals surface area contributed by atoms with Crippen LogP contribution in [0.4, 0.5) is 5.88 Å². The molecule has 0 atom stereocenters. The van der Waals surface area contributed by atoms with Crippen molar-refractivity contribution in [2.24, 2.45) is 0 Å². The van der Waals surface area contributed by atoms with Crippen LogP contribution in [0.5, 0.6) is 0 Å². The van der Waals surface area contributed by atoms with Gasteiger partial charge in [0, 0.05) is 22.3 Å². The zero-order valence-corrected chi connectivity index (χ0v) is 8.88. The minimum atomic E-state index is 0.361. The van der Waals surface area contributed by atoms with Gasteiger partial charge < -0.3 is 10.3 Å². The van der Waals surface area contributed by atoms with E-state index in [1.54, 1.807) is 6.07 Å². The highest BCUT2D eigenvalue weighted by atomic mass is 32.2. The molecule has 1 aliphatic rings. The summed E-state index contributed by atoms with van der Waals surface area (Å²) in [6.45, 7) is 0. The van der Waals surface area contributed by atoms with Crippen LogP contribution in [0.25, 0.3) is 11.3 Å². The summed E-state index contributed by atoms with van der Waals surface area (Å²) >= 11 is 1.91. The Labute approximate surface area is 91.6 Å². The fourth-order valence-electron chi connectivity index (χ4n) is 1.77. The fourth-order valence-corrected chi connectivity index (χ4v) is 2.82. The second kappa shape index (κ2) is 3.31. The predicted octanol–water partition coefficient (Wildman–Crippen LogP) is 2.57. The summed E-state index contributed by atoms with van der Waals surface area (Å²) in [6.07, 6.45) is 1.14. The molecule has 0 amide bonds. The van der Waals surface area contributed by atoms with Crippen molar-refractivity contribution in [3.05, 3.63) is 29.8 Å². The van der Waals surface area contributed by atoms with Crippen molar-refractivity contribution < 1.29 is 4.52 Å². The molecule has 4 heteroatoms. The van der Waals surface area contributed by atoms with E-state index >= 15 is 0 Å². The Morgan fingerprint density at radius 2 is 2.27 bits per heavy atom. The third kappa shape index (κ3) is 1.51. The lowest BCUT2D eigenvalue weighted by Crippen LogP contribution is -1.83. The van der Waals surface area contributed by atoms with E-state index in [4.69, 9.17) is 10.3 Å². The van der Waals surface area contributed by atoms with E-state index in [9.17, 15) is 0 Å². The summed E-state index contributed by atoms with van der Waals surface area (Å²) in [5.74, 6) is 1.54. The largest absolute Gasteiger partial charge is 0.368 e. The highest BCUT2D eigenvalue weighted by Gasteiger charge is 2.13. The van der Waals surface area contributed by atoms with E-state index in [0.717, 1.165) is 17.7 Å². The molecule has 3 nitrogen and oxygen atoms in total. The molecule has 0 saturated heterocycles. The SMILES string of the molecule is Nc1cc(-c2ccc3c(c2)CCS3)no1. The van der Waals surface area contributed by atoms with E-state index in [0.29, 0.717) is 5.88 Å². The Morgan fingerprint density at radius 1 is 1.33 bits per heavy atom. The monoisotopic (exact) mass is 218 g/mol. The lowest BCUT2D eigenvalue weighted by atomic mass is 10.1. The van der Waals surface area contributed by atoms with Gasteiger partial charge in [-0.2, -0.15) is 0 Å². The van der Waals surface area contributed by atoms with Crippen LogP contribution in [0.1, 0.15) is 5.56 Å². The maximum atomic E-state index is 5.50. The van der Waals surface area contributed by atoms with Crippen LogP contribution in [0, 0.1) is 0 Å². The third-order valence-corrected chi connectivity index (χ3v) is 3.63. The second-order valence-corrected chi connectivity index (χ2v) is 4.67. The Hall–Kier alpha value is -1.42. The Balaban J connectivity index is 2.06. The van der Waals surface area contributed by atoms with Crippen molar-refractivity contribution in [3.63, 3.8) is 0 Å². The number of nitrogens with zero attached hydrogens (tertiary/aromatic N) is 1. The summed E-state index contributed by atoms with van der Waals surface area (Å²) in [6, 6.07) is 8.14. The zero-order chi connectivity index (χ0) is 10.3. The van der Waals surface area contributed by atoms with E-state index < -0.39 is 0 Å². The van der Waals surface area contributed by atoms with Crippen LogP contribution in [0.15, 0.2) is 33.7 Å². The topological polar surface area (TPSA) is 52.0 Å². The van der Waals surface area contributed by atoms with Crippen molar-refractivity contribution >= 4 is 17.6 Å². The molecule has 0 spiro atoms. The van der Waals surface area contributed by atoms with Gasteiger partial charge in [0.15, 0.2) is 0 Å². The van der Waals surface area contributed by atoms with E-state index in [1.165, 1.54) is 16.2 Å². The first-order chi connectivity index (χ1) is 7.33. The molecule has 0 aliphatic carbocycles. The van der Waals surface area contributed by atoms with Crippen LogP contribution in [0.2, 0.25) is 0 Å². The van der Waals surface area contributed by atoms with Crippen LogP contribution in [-0.2, 0) is 6.42 Å². The average molecular weight is 218 g/mol. The average Bonchev–Trinajstić information content (AvgIpc) is 2.84. The number of aromatic nitrogens is 1. The van der Waals surface area contributed by atoms with Crippen LogP contribution < -0.4 is 5.73 Å². The molecule has 0 unspecified atom stereocenters. The third-order valence-electron chi connectivity index (χ3n) is 2.51. The van der Waals surface area contributed by atoms with E-state index in [-0.39, 0.29) is 0 Å². The van der Waals surface area contributed by atoms with Gasteiger partial charge in [0.1, 0.15) is 5.69 Å². The van der Waals surface area contributed by atoms with Gasteiger partial charge in [-0.1, -0.05) is 11.2 Å². The van der Waals surface area contributed by atoms with Gasteiger partial charge in [0.05, 0.1) is 0 Å². The van der Waals surface area contributed by atoms with Crippen LogP contribution in [0.3, 0.4) is 0 Å². The molecule has 2 aromatic rings. The summed E-state index contributed by atoms with van der Waals surface area (Å²) in [5.41, 5.74) is 8.79. The molecule has 1 aromatic carbocycles. The predicted molar refractivity (Wildman–Crippen MR) is 60.8 cm³/mol. The van der Waals surface area contributed by atoms with E-state index in [2.05, 4.69) is 23.4 Å². The van der Waals surface area contributed by atoms with E-state index in [1.807, 2.05) is 11.8 Å². The summed E-state index contributed by atoms with van der Waals surface area (Å²) in [5, 5.41) is 3.90. The van der Waals surface area contributed by atoms with Crippen molar-refractivity contribution in [1.29, 1.82) is 0 Å². The molecule has 1 aromatic heterocycles. The minimum Gasteiger partial charge on any atom is -0.368 e. The van der Waals surface area contributed by atoms with Crippen molar-refractivity contribution in [2.45, 2.75) is 11.3 Å². The molecular weight excluding hydrogens is 208 g/mol. The normalized spacial score (nSPS) is 14.1. The molecule has 3 rings (SSSR count). The maximum absolute atomic E-state index is 5.50. The molecule has 0 fully saturated rings. The quantitative estimate of drug-likeness (QED) is 0.799. The summed E-state index contributed by atoms with van der Waals surface area (Å²) < 4.78 is 4.86. The number of aryl methyl sites for hydroxylation is 1. The molecule has 0 saturated carbocycles. The molecule has 2 heterocycles. The number of thioether (sulfide) groups is 1. The Kier molecular flexibility index (Phi) is 1.95. The number of nitrogens with two attached hydrogens (primary N) is 1. The van der Waals surface area contributed by atoms with Crippen molar-refractivity contribution in [1.82, 2.24) is 5.16 Å². The maximum Gasteiger partial charge on any atom is 0.222 e. The van der Waals surface area contributed by atoms with Gasteiger partial charge in [0.2, 0.25) is 5.88 Å². The van der Waals surface area contributed by atoms with Crippen molar-refractivity contribution in [2.75, 3.05) is 11.5 Å². The number of nitrogen functional groups attached to an aromatic ring is 1. The smallest absolute Gasteiger partial charge is 0.222 e. The van der Waals surface area contributed by atoms with Crippen LogP contribution >= 0.6 is 11.8 Å².